The molecule has 9 heteroatoms. The Morgan fingerprint density at radius 3 is 1.63 bits per heavy atom. The number of hydrogen-bond donors (Lipinski definition) is 4. The number of rotatable bonds is 8. The number of carboxylic acids is 2. The van der Waals surface area contributed by atoms with Gasteiger partial charge in [-0.2, -0.15) is 0 Å². The fourth-order valence-corrected chi connectivity index (χ4v) is 6.22. The molecule has 0 saturated carbocycles. The van der Waals surface area contributed by atoms with E-state index in [0.29, 0.717) is 18.5 Å². The second-order valence-corrected chi connectivity index (χ2v) is 11.2. The van der Waals surface area contributed by atoms with E-state index in [2.05, 4.69) is 49.8 Å². The molecule has 43 heavy (non-hydrogen) atoms. The third-order valence-corrected chi connectivity index (χ3v) is 8.69. The maximum Gasteiger partial charge on any atom is 0.303 e. The molecular weight excluding hydrogens is 587 g/mol. The number of aryl methyl sites for hydroxylation is 4. The van der Waals surface area contributed by atoms with Gasteiger partial charge in [-0.25, -0.2) is 9.97 Å². The van der Waals surface area contributed by atoms with Crippen LogP contribution in [-0.2, 0) is 39.2 Å². The molecule has 1 radical (unpaired) electrons. The molecule has 2 aliphatic rings. The van der Waals surface area contributed by atoms with E-state index in [1.165, 1.54) is 11.1 Å². The van der Waals surface area contributed by atoms with Crippen molar-refractivity contribution in [2.24, 2.45) is 0 Å². The number of fused-ring (bicyclic) bond motifs is 8. The van der Waals surface area contributed by atoms with Crippen LogP contribution in [-0.4, -0.2) is 42.1 Å². The largest absolute Gasteiger partial charge is 0.481 e. The summed E-state index contributed by atoms with van der Waals surface area (Å²) < 4.78 is 0. The van der Waals surface area contributed by atoms with E-state index < -0.39 is 11.9 Å². The average molecular weight is 626 g/mol. The first-order chi connectivity index (χ1) is 20.0. The molecule has 5 rings (SSSR count). The van der Waals surface area contributed by atoms with Crippen LogP contribution >= 0.6 is 0 Å². The zero-order chi connectivity index (χ0) is 30.3. The number of nitrogens with zero attached hydrogens (tertiary/aromatic N) is 2. The first-order valence-corrected chi connectivity index (χ1v) is 14.6. The fraction of sp³-hybridized carbons (Fsp3) is 0.353. The maximum atomic E-state index is 11.5. The number of carboxylic acid groups (broad SMARTS) is 2. The normalized spacial score (nSPS) is 13.0. The number of aromatic nitrogens is 4. The van der Waals surface area contributed by atoms with Gasteiger partial charge in [-0.1, -0.05) is 13.8 Å². The summed E-state index contributed by atoms with van der Waals surface area (Å²) in [7, 11) is 0. The molecule has 0 saturated heterocycles. The van der Waals surface area contributed by atoms with Crippen LogP contribution in [0.15, 0.2) is 24.3 Å². The van der Waals surface area contributed by atoms with Crippen LogP contribution in [0.2, 0.25) is 0 Å². The van der Waals surface area contributed by atoms with Crippen LogP contribution in [0.4, 0.5) is 0 Å². The van der Waals surface area contributed by atoms with Crippen molar-refractivity contribution in [3.05, 3.63) is 69.3 Å². The van der Waals surface area contributed by atoms with Gasteiger partial charge >= 0.3 is 11.9 Å². The quantitative estimate of drug-likeness (QED) is 0.203. The SMILES string of the molecule is CCC1=C(C)c2cc3[nH]c(cc4nc(cc5[nH]c(cc1n2)c(C)c5CCC(=O)O)C(CCC(=O)O)=C4C)c(C)c3CC.[Co]. The Morgan fingerprint density at radius 2 is 1.07 bits per heavy atom. The van der Waals surface area contributed by atoms with Gasteiger partial charge in [-0.15, -0.1) is 0 Å². The number of aliphatic carboxylic acids is 2. The van der Waals surface area contributed by atoms with Crippen LogP contribution in [0.25, 0.3) is 44.4 Å². The van der Waals surface area contributed by atoms with Gasteiger partial charge in [0.15, 0.2) is 0 Å². The Hall–Kier alpha value is -3.95. The molecular formula is C34H38CoN4O4. The molecule has 3 aromatic rings. The van der Waals surface area contributed by atoms with E-state index in [1.807, 2.05) is 26.0 Å². The van der Waals surface area contributed by atoms with E-state index in [-0.39, 0.29) is 29.6 Å². The molecule has 0 atom stereocenters. The molecule has 5 heterocycles. The van der Waals surface area contributed by atoms with E-state index in [4.69, 9.17) is 9.97 Å². The van der Waals surface area contributed by atoms with Gasteiger partial charge < -0.3 is 20.2 Å². The molecule has 227 valence electrons. The molecule has 2 aliphatic heterocycles. The van der Waals surface area contributed by atoms with Crippen molar-refractivity contribution in [3.8, 4) is 0 Å². The summed E-state index contributed by atoms with van der Waals surface area (Å²) in [5.41, 5.74) is 15.4. The molecule has 3 aromatic heterocycles. The zero-order valence-electron chi connectivity index (χ0n) is 25.5. The predicted molar refractivity (Wildman–Crippen MR) is 168 cm³/mol. The van der Waals surface area contributed by atoms with Gasteiger partial charge in [-0.05, 0) is 122 Å². The minimum Gasteiger partial charge on any atom is -0.481 e. The van der Waals surface area contributed by atoms with Crippen molar-refractivity contribution < 1.29 is 36.6 Å². The Bertz CT molecular complexity index is 1860. The maximum absolute atomic E-state index is 11.5. The van der Waals surface area contributed by atoms with E-state index >= 15 is 0 Å². The topological polar surface area (TPSA) is 132 Å². The number of hydrogen-bond acceptors (Lipinski definition) is 4. The van der Waals surface area contributed by atoms with Crippen LogP contribution in [0.3, 0.4) is 0 Å². The predicted octanol–water partition coefficient (Wildman–Crippen LogP) is 7.64. The van der Waals surface area contributed by atoms with Crippen molar-refractivity contribution >= 4 is 56.3 Å². The number of aromatic amines is 2. The molecule has 0 aromatic carbocycles. The first kappa shape index (κ1) is 32.0. The number of H-pyrrole nitrogens is 2. The van der Waals surface area contributed by atoms with Gasteiger partial charge in [0.25, 0.3) is 0 Å². The number of allylic oxidation sites excluding steroid dienone is 4. The van der Waals surface area contributed by atoms with Gasteiger partial charge in [0.1, 0.15) is 0 Å². The van der Waals surface area contributed by atoms with Gasteiger partial charge in [0.05, 0.1) is 22.8 Å². The van der Waals surface area contributed by atoms with Crippen molar-refractivity contribution in [2.75, 3.05) is 0 Å². The average Bonchev–Trinajstić information content (AvgIpc) is 3.59. The van der Waals surface area contributed by atoms with E-state index in [1.54, 1.807) is 0 Å². The van der Waals surface area contributed by atoms with Crippen molar-refractivity contribution in [2.45, 2.75) is 80.1 Å². The monoisotopic (exact) mass is 625 g/mol. The van der Waals surface area contributed by atoms with Gasteiger partial charge in [0, 0.05) is 51.7 Å². The molecule has 8 nitrogen and oxygen atoms in total. The molecule has 0 unspecified atom stereocenters. The third kappa shape index (κ3) is 6.10. The van der Waals surface area contributed by atoms with Crippen LogP contribution in [0, 0.1) is 13.8 Å². The minimum absolute atomic E-state index is 0. The van der Waals surface area contributed by atoms with Crippen molar-refractivity contribution in [1.82, 2.24) is 19.9 Å². The second-order valence-electron chi connectivity index (χ2n) is 11.2. The molecule has 0 spiro atoms. The molecule has 0 fully saturated rings. The zero-order valence-corrected chi connectivity index (χ0v) is 26.5. The summed E-state index contributed by atoms with van der Waals surface area (Å²) in [5.74, 6) is -1.72. The Labute approximate surface area is 261 Å². The summed E-state index contributed by atoms with van der Waals surface area (Å²) in [6, 6.07) is 8.19. The van der Waals surface area contributed by atoms with Crippen LogP contribution in [0.5, 0.6) is 0 Å². The van der Waals surface area contributed by atoms with Crippen LogP contribution in [0.1, 0.15) is 98.4 Å². The summed E-state index contributed by atoms with van der Waals surface area (Å²) in [5, 5.41) is 18.9. The van der Waals surface area contributed by atoms with Gasteiger partial charge in [-0.3, -0.25) is 9.59 Å². The van der Waals surface area contributed by atoms with E-state index in [0.717, 1.165) is 85.4 Å². The molecule has 4 N–H and O–H groups in total. The minimum atomic E-state index is -0.864. The van der Waals surface area contributed by atoms with Crippen molar-refractivity contribution in [3.63, 3.8) is 0 Å². The molecule has 0 amide bonds. The summed E-state index contributed by atoms with van der Waals surface area (Å²) in [4.78, 5) is 40.3. The fourth-order valence-electron chi connectivity index (χ4n) is 6.22. The first-order valence-electron chi connectivity index (χ1n) is 14.6. The smallest absolute Gasteiger partial charge is 0.303 e. The van der Waals surface area contributed by atoms with E-state index in [9.17, 15) is 19.8 Å². The second kappa shape index (κ2) is 12.7. The van der Waals surface area contributed by atoms with Crippen LogP contribution < -0.4 is 0 Å². The third-order valence-electron chi connectivity index (χ3n) is 8.69. The molecule has 0 aliphatic carbocycles. The Kier molecular flexibility index (Phi) is 9.46. The Balaban J connectivity index is 0.00000423. The number of carbonyl (C=O) groups is 2. The summed E-state index contributed by atoms with van der Waals surface area (Å²) in [6.45, 7) is 12.5. The molecule has 8 bridgehead atoms. The summed E-state index contributed by atoms with van der Waals surface area (Å²) in [6.07, 6.45) is 2.39. The van der Waals surface area contributed by atoms with Crippen molar-refractivity contribution in [1.29, 1.82) is 0 Å². The summed E-state index contributed by atoms with van der Waals surface area (Å²) >= 11 is 0. The standard InChI is InChI=1S/C34H38N4O4.Co/c1-7-21-17(3)25-13-26-19(5)23(9-11-33(39)40)31(37-26)16-32-24(10-12-34(41)42)20(6)28(38-32)15-30-22(8-2)18(4)27(36-30)14-29(21)35-25;/h13-16,35,38H,7-12H2,1-6H3,(H,39,40)(H,41,42);. The Morgan fingerprint density at radius 1 is 0.628 bits per heavy atom. The number of nitrogens with one attached hydrogen (secondary N) is 2. The van der Waals surface area contributed by atoms with Gasteiger partial charge in [0.2, 0.25) is 0 Å².